The van der Waals surface area contributed by atoms with E-state index in [9.17, 15) is 14.3 Å². The van der Waals surface area contributed by atoms with Gasteiger partial charge >= 0.3 is 5.97 Å². The molecule has 20 heavy (non-hydrogen) atoms. The van der Waals surface area contributed by atoms with Crippen LogP contribution in [0.1, 0.15) is 36.5 Å². The summed E-state index contributed by atoms with van der Waals surface area (Å²) in [6.45, 7) is 4.10. The van der Waals surface area contributed by atoms with Crippen LogP contribution in [0.5, 0.6) is 0 Å². The van der Waals surface area contributed by atoms with Gasteiger partial charge in [-0.3, -0.25) is 0 Å². The molecule has 1 aromatic rings. The molecule has 1 atom stereocenters. The van der Waals surface area contributed by atoms with Gasteiger partial charge < -0.3 is 14.7 Å². The number of piperidine rings is 1. The third kappa shape index (κ3) is 3.28. The van der Waals surface area contributed by atoms with Crippen molar-refractivity contribution >= 4 is 11.7 Å². The third-order valence-electron chi connectivity index (χ3n) is 3.48. The molecule has 1 aliphatic heterocycles. The topological polar surface area (TPSA) is 49.8 Å². The van der Waals surface area contributed by atoms with Gasteiger partial charge in [-0.15, -0.1) is 0 Å². The van der Waals surface area contributed by atoms with Crippen LogP contribution >= 0.6 is 0 Å². The molecular formula is C15H20FNO3. The van der Waals surface area contributed by atoms with Crippen molar-refractivity contribution in [2.45, 2.75) is 32.3 Å². The first-order chi connectivity index (χ1) is 9.63. The highest BCUT2D eigenvalue weighted by Crippen LogP contribution is 2.27. The molecule has 1 aliphatic rings. The van der Waals surface area contributed by atoms with Crippen LogP contribution in [0, 0.1) is 5.82 Å². The van der Waals surface area contributed by atoms with Gasteiger partial charge in [0.05, 0.1) is 11.8 Å². The first-order valence-electron chi connectivity index (χ1n) is 7.01. The molecule has 110 valence electrons. The summed E-state index contributed by atoms with van der Waals surface area (Å²) in [5.74, 6) is -1.92. The lowest BCUT2D eigenvalue weighted by molar-refractivity contribution is 0.0439. The summed E-state index contributed by atoms with van der Waals surface area (Å²) in [5.41, 5.74) is 0.200. The summed E-state index contributed by atoms with van der Waals surface area (Å²) >= 11 is 0. The number of halogens is 1. The van der Waals surface area contributed by atoms with Crippen LogP contribution in [-0.2, 0) is 4.74 Å². The smallest absolute Gasteiger partial charge is 0.340 e. The highest BCUT2D eigenvalue weighted by atomic mass is 19.1. The van der Waals surface area contributed by atoms with Gasteiger partial charge in [0.15, 0.2) is 0 Å². The molecule has 4 nitrogen and oxygen atoms in total. The zero-order valence-electron chi connectivity index (χ0n) is 11.6. The predicted molar refractivity (Wildman–Crippen MR) is 74.8 cm³/mol. The highest BCUT2D eigenvalue weighted by molar-refractivity contribution is 5.94. The fourth-order valence-corrected chi connectivity index (χ4v) is 2.57. The summed E-state index contributed by atoms with van der Waals surface area (Å²) in [6, 6.07) is 4.39. The number of benzene rings is 1. The summed E-state index contributed by atoms with van der Waals surface area (Å²) in [4.78, 5) is 13.2. The van der Waals surface area contributed by atoms with Gasteiger partial charge in [-0.1, -0.05) is 13.0 Å². The second kappa shape index (κ2) is 6.70. The second-order valence-corrected chi connectivity index (χ2v) is 5.02. The largest absolute Gasteiger partial charge is 0.478 e. The highest BCUT2D eigenvalue weighted by Gasteiger charge is 2.25. The first kappa shape index (κ1) is 14.8. The fourth-order valence-electron chi connectivity index (χ4n) is 2.57. The van der Waals surface area contributed by atoms with Gasteiger partial charge in [0, 0.05) is 19.7 Å². The minimum absolute atomic E-state index is 0.0913. The van der Waals surface area contributed by atoms with E-state index < -0.39 is 11.8 Å². The van der Waals surface area contributed by atoms with Gasteiger partial charge in [-0.25, -0.2) is 9.18 Å². The SMILES string of the molecule is CCCOC1CCCN(c2cccc(F)c2C(=O)O)C1. The lowest BCUT2D eigenvalue weighted by Crippen LogP contribution is -2.40. The Hall–Kier alpha value is -1.62. The van der Waals surface area contributed by atoms with E-state index in [0.29, 0.717) is 18.8 Å². The summed E-state index contributed by atoms with van der Waals surface area (Å²) in [5, 5.41) is 9.19. The number of ether oxygens (including phenoxy) is 1. The number of hydrogen-bond acceptors (Lipinski definition) is 3. The molecule has 1 saturated heterocycles. The molecule has 1 N–H and O–H groups in total. The zero-order valence-corrected chi connectivity index (χ0v) is 11.6. The molecule has 5 heteroatoms. The van der Waals surface area contributed by atoms with E-state index in [1.165, 1.54) is 6.07 Å². The second-order valence-electron chi connectivity index (χ2n) is 5.02. The monoisotopic (exact) mass is 281 g/mol. The van der Waals surface area contributed by atoms with Gasteiger partial charge in [0.1, 0.15) is 11.4 Å². The number of aromatic carboxylic acids is 1. The van der Waals surface area contributed by atoms with E-state index in [-0.39, 0.29) is 11.7 Å². The van der Waals surface area contributed by atoms with E-state index in [2.05, 4.69) is 6.92 Å². The van der Waals surface area contributed by atoms with Crippen molar-refractivity contribution < 1.29 is 19.0 Å². The lowest BCUT2D eigenvalue weighted by Gasteiger charge is -2.35. The van der Waals surface area contributed by atoms with Crippen LogP contribution < -0.4 is 4.90 Å². The third-order valence-corrected chi connectivity index (χ3v) is 3.48. The molecule has 0 radical (unpaired) electrons. The molecule has 2 rings (SSSR count). The average Bonchev–Trinajstić information content (AvgIpc) is 2.44. The standard InChI is InChI=1S/C15H20FNO3/c1-2-9-20-11-5-4-8-17(10-11)13-7-3-6-12(16)14(13)15(18)19/h3,6-7,11H,2,4-5,8-10H2,1H3,(H,18,19). The molecule has 1 aromatic carbocycles. The summed E-state index contributed by atoms with van der Waals surface area (Å²) < 4.78 is 19.4. The normalized spacial score (nSPS) is 19.1. The number of anilines is 1. The Bertz CT molecular complexity index is 478. The van der Waals surface area contributed by atoms with Crippen LogP contribution in [0.15, 0.2) is 18.2 Å². The van der Waals surface area contributed by atoms with Crippen molar-refractivity contribution in [1.29, 1.82) is 0 Å². The molecule has 1 fully saturated rings. The van der Waals surface area contributed by atoms with E-state index >= 15 is 0 Å². The minimum Gasteiger partial charge on any atom is -0.478 e. The summed E-state index contributed by atoms with van der Waals surface area (Å²) in [6.07, 6.45) is 2.93. The molecule has 0 bridgehead atoms. The number of carboxylic acids is 1. The molecule has 1 heterocycles. The molecule has 1 unspecified atom stereocenters. The summed E-state index contributed by atoms with van der Waals surface area (Å²) in [7, 11) is 0. The number of carbonyl (C=O) groups is 1. The molecule has 0 amide bonds. The van der Waals surface area contributed by atoms with Crippen molar-refractivity contribution in [3.8, 4) is 0 Å². The number of nitrogens with zero attached hydrogens (tertiary/aromatic N) is 1. The molecule has 0 spiro atoms. The Morgan fingerprint density at radius 2 is 2.35 bits per heavy atom. The number of hydrogen-bond donors (Lipinski definition) is 1. The van der Waals surface area contributed by atoms with Crippen LogP contribution in [-0.4, -0.2) is 36.9 Å². The first-order valence-corrected chi connectivity index (χ1v) is 7.01. The van der Waals surface area contributed by atoms with Crippen LogP contribution in [0.3, 0.4) is 0 Å². The fraction of sp³-hybridized carbons (Fsp3) is 0.533. The lowest BCUT2D eigenvalue weighted by atomic mass is 10.0. The molecule has 0 aliphatic carbocycles. The maximum atomic E-state index is 13.7. The van der Waals surface area contributed by atoms with Gasteiger partial charge in [0.2, 0.25) is 0 Å². The van der Waals surface area contributed by atoms with Crippen molar-refractivity contribution in [3.63, 3.8) is 0 Å². The van der Waals surface area contributed by atoms with Crippen LogP contribution in [0.2, 0.25) is 0 Å². The Labute approximate surface area is 118 Å². The van der Waals surface area contributed by atoms with E-state index in [4.69, 9.17) is 4.74 Å². The molecule has 0 aromatic heterocycles. The van der Waals surface area contributed by atoms with Crippen molar-refractivity contribution in [2.24, 2.45) is 0 Å². The maximum absolute atomic E-state index is 13.7. The Kier molecular flexibility index (Phi) is 4.95. The maximum Gasteiger partial charge on any atom is 0.340 e. The predicted octanol–water partition coefficient (Wildman–Crippen LogP) is 2.92. The van der Waals surface area contributed by atoms with Gasteiger partial charge in [-0.05, 0) is 31.4 Å². The molecule has 0 saturated carbocycles. The number of rotatable bonds is 5. The van der Waals surface area contributed by atoms with Gasteiger partial charge in [-0.2, -0.15) is 0 Å². The van der Waals surface area contributed by atoms with E-state index in [1.807, 2.05) is 4.90 Å². The van der Waals surface area contributed by atoms with Crippen molar-refractivity contribution in [3.05, 3.63) is 29.6 Å². The van der Waals surface area contributed by atoms with Crippen molar-refractivity contribution in [2.75, 3.05) is 24.6 Å². The average molecular weight is 281 g/mol. The molecular weight excluding hydrogens is 261 g/mol. The Morgan fingerprint density at radius 1 is 1.55 bits per heavy atom. The van der Waals surface area contributed by atoms with E-state index in [0.717, 1.165) is 25.8 Å². The Balaban J connectivity index is 2.18. The zero-order chi connectivity index (χ0) is 14.5. The van der Waals surface area contributed by atoms with Crippen molar-refractivity contribution in [1.82, 2.24) is 0 Å². The van der Waals surface area contributed by atoms with Crippen LogP contribution in [0.25, 0.3) is 0 Å². The van der Waals surface area contributed by atoms with E-state index in [1.54, 1.807) is 12.1 Å². The van der Waals surface area contributed by atoms with Crippen LogP contribution in [0.4, 0.5) is 10.1 Å². The quantitative estimate of drug-likeness (QED) is 0.901. The minimum atomic E-state index is -1.23. The Morgan fingerprint density at radius 3 is 3.05 bits per heavy atom. The van der Waals surface area contributed by atoms with Gasteiger partial charge in [0.25, 0.3) is 0 Å². The number of carboxylic acid groups (broad SMARTS) is 1.